The molecule has 2 rings (SSSR count). The smallest absolute Gasteiger partial charge is 0.287 e. The lowest BCUT2D eigenvalue weighted by atomic mass is 10.2. The summed E-state index contributed by atoms with van der Waals surface area (Å²) in [5.74, 6) is -0.558. The lowest BCUT2D eigenvalue weighted by Gasteiger charge is -2.03. The number of aliphatic hydroxyl groups is 1. The van der Waals surface area contributed by atoms with Crippen molar-refractivity contribution in [2.24, 2.45) is 0 Å². The van der Waals surface area contributed by atoms with Crippen LogP contribution in [0.25, 0.3) is 11.0 Å². The lowest BCUT2D eigenvalue weighted by Crippen LogP contribution is -2.24. The number of hydrogen-bond donors (Lipinski definition) is 2. The van der Waals surface area contributed by atoms with Crippen LogP contribution in [0.2, 0.25) is 0 Å². The molecule has 0 aliphatic rings. The molecule has 0 unspecified atom stereocenters. The number of hydrogen-bond acceptors (Lipinski definition) is 4. The number of carbonyl (C=O) groups is 1. The van der Waals surface area contributed by atoms with Gasteiger partial charge in [0.15, 0.2) is 5.76 Å². The molecular formula is C14H16FNO4. The van der Waals surface area contributed by atoms with Crippen molar-refractivity contribution in [3.8, 4) is 0 Å². The van der Waals surface area contributed by atoms with E-state index >= 15 is 0 Å². The molecule has 0 fully saturated rings. The van der Waals surface area contributed by atoms with E-state index in [1.165, 1.54) is 24.3 Å². The van der Waals surface area contributed by atoms with E-state index in [0.29, 0.717) is 37.1 Å². The number of benzene rings is 1. The van der Waals surface area contributed by atoms with Crippen LogP contribution < -0.4 is 5.32 Å². The van der Waals surface area contributed by atoms with Crippen LogP contribution in [-0.4, -0.2) is 37.4 Å². The molecule has 0 saturated carbocycles. The molecule has 6 heteroatoms. The first kappa shape index (κ1) is 14.5. The number of amides is 1. The molecule has 1 aromatic heterocycles. The van der Waals surface area contributed by atoms with Crippen molar-refractivity contribution in [1.29, 1.82) is 0 Å². The van der Waals surface area contributed by atoms with Gasteiger partial charge in [-0.1, -0.05) is 0 Å². The molecule has 0 radical (unpaired) electrons. The van der Waals surface area contributed by atoms with Gasteiger partial charge in [0.1, 0.15) is 11.4 Å². The van der Waals surface area contributed by atoms with Gasteiger partial charge < -0.3 is 19.6 Å². The molecule has 5 nitrogen and oxygen atoms in total. The maximum Gasteiger partial charge on any atom is 0.287 e. The van der Waals surface area contributed by atoms with E-state index in [2.05, 4.69) is 5.32 Å². The topological polar surface area (TPSA) is 71.7 Å². The first-order valence-electron chi connectivity index (χ1n) is 6.36. The number of furan rings is 1. The number of carbonyl (C=O) groups excluding carboxylic acids is 1. The van der Waals surface area contributed by atoms with Crippen LogP contribution in [0, 0.1) is 5.82 Å². The summed E-state index contributed by atoms with van der Waals surface area (Å²) >= 11 is 0. The highest BCUT2D eigenvalue weighted by atomic mass is 19.1. The van der Waals surface area contributed by atoms with Crippen molar-refractivity contribution in [2.75, 3.05) is 26.4 Å². The summed E-state index contributed by atoms with van der Waals surface area (Å²) in [6.07, 6.45) is 0.639. The van der Waals surface area contributed by atoms with E-state index in [1.54, 1.807) is 0 Å². The van der Waals surface area contributed by atoms with Gasteiger partial charge in [-0.25, -0.2) is 4.39 Å². The Bertz CT molecular complexity index is 582. The van der Waals surface area contributed by atoms with Crippen molar-refractivity contribution in [3.63, 3.8) is 0 Å². The van der Waals surface area contributed by atoms with Gasteiger partial charge in [-0.3, -0.25) is 4.79 Å². The molecular weight excluding hydrogens is 265 g/mol. The summed E-state index contributed by atoms with van der Waals surface area (Å²) in [5.41, 5.74) is 0.475. The third kappa shape index (κ3) is 3.79. The van der Waals surface area contributed by atoms with Gasteiger partial charge in [-0.2, -0.15) is 0 Å². The minimum Gasteiger partial charge on any atom is -0.451 e. The Morgan fingerprint density at radius 2 is 2.20 bits per heavy atom. The minimum absolute atomic E-state index is 0.0120. The summed E-state index contributed by atoms with van der Waals surface area (Å²) in [5, 5.41) is 11.8. The fourth-order valence-electron chi connectivity index (χ4n) is 1.76. The highest BCUT2D eigenvalue weighted by molar-refractivity contribution is 5.96. The predicted octanol–water partition coefficient (Wildman–Crippen LogP) is 1.70. The number of rotatable bonds is 7. The van der Waals surface area contributed by atoms with E-state index in [1.807, 2.05) is 0 Å². The number of fused-ring (bicyclic) bond motifs is 1. The average Bonchev–Trinajstić information content (AvgIpc) is 2.85. The van der Waals surface area contributed by atoms with Gasteiger partial charge >= 0.3 is 0 Å². The summed E-state index contributed by atoms with van der Waals surface area (Å²) in [4.78, 5) is 11.8. The van der Waals surface area contributed by atoms with Crippen LogP contribution in [0.4, 0.5) is 4.39 Å². The predicted molar refractivity (Wildman–Crippen MR) is 71.0 cm³/mol. The molecule has 108 valence electrons. The summed E-state index contributed by atoms with van der Waals surface area (Å²) in [7, 11) is 0. The molecule has 20 heavy (non-hydrogen) atoms. The van der Waals surface area contributed by atoms with E-state index < -0.39 is 0 Å². The van der Waals surface area contributed by atoms with Crippen LogP contribution in [0.5, 0.6) is 0 Å². The zero-order valence-electron chi connectivity index (χ0n) is 10.9. The maximum atomic E-state index is 13.0. The molecule has 0 aliphatic carbocycles. The zero-order valence-corrected chi connectivity index (χ0v) is 10.9. The second-order valence-corrected chi connectivity index (χ2v) is 4.24. The Morgan fingerprint density at radius 1 is 1.35 bits per heavy atom. The molecule has 1 aromatic carbocycles. The van der Waals surface area contributed by atoms with E-state index in [-0.39, 0.29) is 24.1 Å². The molecule has 0 atom stereocenters. The first-order chi connectivity index (χ1) is 9.70. The van der Waals surface area contributed by atoms with Gasteiger partial charge in [0.25, 0.3) is 5.91 Å². The quantitative estimate of drug-likeness (QED) is 0.758. The van der Waals surface area contributed by atoms with Crippen LogP contribution in [-0.2, 0) is 4.74 Å². The van der Waals surface area contributed by atoms with Crippen molar-refractivity contribution in [1.82, 2.24) is 5.32 Å². The highest BCUT2D eigenvalue weighted by Crippen LogP contribution is 2.20. The molecule has 0 bridgehead atoms. The average molecular weight is 281 g/mol. The molecule has 1 heterocycles. The number of nitrogens with one attached hydrogen (secondary N) is 1. The third-order valence-corrected chi connectivity index (χ3v) is 2.69. The summed E-state index contributed by atoms with van der Waals surface area (Å²) in [6.45, 7) is 1.19. The highest BCUT2D eigenvalue weighted by Gasteiger charge is 2.11. The molecule has 0 spiro atoms. The summed E-state index contributed by atoms with van der Waals surface area (Å²) in [6, 6.07) is 5.60. The SMILES string of the molecule is O=C(NCCCOCCO)c1cc2cc(F)ccc2o1. The fraction of sp³-hybridized carbons (Fsp3) is 0.357. The summed E-state index contributed by atoms with van der Waals surface area (Å²) < 4.78 is 23.4. The van der Waals surface area contributed by atoms with E-state index in [9.17, 15) is 9.18 Å². The minimum atomic E-state index is -0.369. The second-order valence-electron chi connectivity index (χ2n) is 4.24. The van der Waals surface area contributed by atoms with Gasteiger partial charge in [-0.15, -0.1) is 0 Å². The Kier molecular flexibility index (Phi) is 5.09. The normalized spacial score (nSPS) is 10.9. The van der Waals surface area contributed by atoms with Gasteiger partial charge in [0.05, 0.1) is 13.2 Å². The Balaban J connectivity index is 1.85. The third-order valence-electron chi connectivity index (χ3n) is 2.69. The Hall–Kier alpha value is -1.92. The largest absolute Gasteiger partial charge is 0.451 e. The molecule has 2 N–H and O–H groups in total. The lowest BCUT2D eigenvalue weighted by molar-refractivity contribution is 0.0857. The van der Waals surface area contributed by atoms with Crippen molar-refractivity contribution < 1.29 is 23.4 Å². The fourth-order valence-corrected chi connectivity index (χ4v) is 1.76. The van der Waals surface area contributed by atoms with Crippen molar-refractivity contribution >= 4 is 16.9 Å². The van der Waals surface area contributed by atoms with Crippen LogP contribution in [0.15, 0.2) is 28.7 Å². The van der Waals surface area contributed by atoms with Crippen LogP contribution >= 0.6 is 0 Å². The van der Waals surface area contributed by atoms with E-state index in [4.69, 9.17) is 14.3 Å². The zero-order chi connectivity index (χ0) is 14.4. The van der Waals surface area contributed by atoms with Gasteiger partial charge in [0.2, 0.25) is 0 Å². The van der Waals surface area contributed by atoms with Crippen LogP contribution in [0.1, 0.15) is 17.0 Å². The first-order valence-corrected chi connectivity index (χ1v) is 6.36. The Labute approximate surface area is 115 Å². The van der Waals surface area contributed by atoms with E-state index in [0.717, 1.165) is 0 Å². The second kappa shape index (κ2) is 7.02. The van der Waals surface area contributed by atoms with Gasteiger partial charge in [-0.05, 0) is 30.7 Å². The molecule has 2 aromatic rings. The van der Waals surface area contributed by atoms with Gasteiger partial charge in [0, 0.05) is 18.5 Å². The monoisotopic (exact) mass is 281 g/mol. The molecule has 0 saturated heterocycles. The number of ether oxygens (including phenoxy) is 1. The molecule has 1 amide bonds. The van der Waals surface area contributed by atoms with Crippen molar-refractivity contribution in [3.05, 3.63) is 35.8 Å². The maximum absolute atomic E-state index is 13.0. The van der Waals surface area contributed by atoms with Crippen LogP contribution in [0.3, 0.4) is 0 Å². The Morgan fingerprint density at radius 3 is 3.00 bits per heavy atom. The number of aliphatic hydroxyl groups excluding tert-OH is 1. The van der Waals surface area contributed by atoms with Crippen molar-refractivity contribution in [2.45, 2.75) is 6.42 Å². The number of halogens is 1. The molecule has 0 aliphatic heterocycles. The standard InChI is InChI=1S/C14H16FNO4/c15-11-2-3-12-10(8-11)9-13(20-12)14(18)16-4-1-6-19-7-5-17/h2-3,8-9,17H,1,4-7H2,(H,16,18).